The van der Waals surface area contributed by atoms with Crippen LogP contribution >= 0.6 is 11.3 Å². The number of Topliss-reactive ketones (excluding diaryl/α,β-unsaturated/α-hetero) is 1. The number of benzene rings is 2. The third-order valence-electron chi connectivity index (χ3n) is 6.01. The number of ketones is 1. The van der Waals surface area contributed by atoms with Crippen molar-refractivity contribution in [3.63, 3.8) is 0 Å². The van der Waals surface area contributed by atoms with Gasteiger partial charge in [-0.3, -0.25) is 9.78 Å². The Morgan fingerprint density at radius 2 is 1.87 bits per heavy atom. The summed E-state index contributed by atoms with van der Waals surface area (Å²) in [7, 11) is 3.17. The number of imidazole rings is 1. The van der Waals surface area contributed by atoms with Crippen LogP contribution in [0.2, 0.25) is 0 Å². The number of methoxy groups -OCH3 is 2. The van der Waals surface area contributed by atoms with Crippen molar-refractivity contribution in [1.82, 2.24) is 19.6 Å². The summed E-state index contributed by atoms with van der Waals surface area (Å²) in [5, 5.41) is 5.66. The summed E-state index contributed by atoms with van der Waals surface area (Å²) >= 11 is 1.35. The van der Waals surface area contributed by atoms with E-state index in [1.165, 1.54) is 11.3 Å². The summed E-state index contributed by atoms with van der Waals surface area (Å²) in [4.78, 5) is 21.9. The Labute approximate surface area is 221 Å². The Morgan fingerprint density at radius 3 is 2.66 bits per heavy atom. The topological polar surface area (TPSA) is 101 Å². The van der Waals surface area contributed by atoms with E-state index < -0.39 is 0 Å². The van der Waals surface area contributed by atoms with Crippen molar-refractivity contribution in [3.05, 3.63) is 89.9 Å². The number of hydrogen-bond donors (Lipinski definition) is 0. The number of pyridine rings is 1. The average Bonchev–Trinajstić information content (AvgIpc) is 3.65. The van der Waals surface area contributed by atoms with Gasteiger partial charge in [-0.2, -0.15) is 0 Å². The Morgan fingerprint density at radius 1 is 1.03 bits per heavy atom. The van der Waals surface area contributed by atoms with E-state index in [2.05, 4.69) is 15.1 Å². The second-order valence-electron chi connectivity index (χ2n) is 8.52. The highest BCUT2D eigenvalue weighted by atomic mass is 32.1. The first-order chi connectivity index (χ1) is 18.6. The zero-order chi connectivity index (χ0) is 26.1. The molecule has 2 aromatic carbocycles. The SMILES string of the molecule is COc1cc(OCc2cccc(CC(=O)c3ccncc3)c2)c2cc(-c3cn4nc(OC)sc4n3)oc2c1. The second kappa shape index (κ2) is 9.98. The zero-order valence-electron chi connectivity index (χ0n) is 20.6. The fourth-order valence-electron chi connectivity index (χ4n) is 4.15. The van der Waals surface area contributed by atoms with Crippen molar-refractivity contribution in [2.24, 2.45) is 0 Å². The molecular formula is C28H22N4O5S. The fourth-order valence-corrected chi connectivity index (χ4v) is 4.84. The molecule has 38 heavy (non-hydrogen) atoms. The zero-order valence-corrected chi connectivity index (χ0v) is 21.4. The van der Waals surface area contributed by atoms with Crippen LogP contribution in [0.4, 0.5) is 0 Å². The molecule has 0 aliphatic rings. The van der Waals surface area contributed by atoms with Crippen molar-refractivity contribution >= 4 is 33.1 Å². The Balaban J connectivity index is 1.24. The molecule has 0 fully saturated rings. The molecule has 0 spiro atoms. The van der Waals surface area contributed by atoms with Crippen LogP contribution in [-0.4, -0.2) is 39.6 Å². The summed E-state index contributed by atoms with van der Waals surface area (Å²) in [5.74, 6) is 1.86. The van der Waals surface area contributed by atoms with E-state index in [0.717, 1.165) is 16.5 Å². The number of hydrogen-bond acceptors (Lipinski definition) is 9. The third kappa shape index (κ3) is 4.69. The van der Waals surface area contributed by atoms with Crippen LogP contribution in [-0.2, 0) is 13.0 Å². The molecule has 0 atom stereocenters. The normalized spacial score (nSPS) is 11.2. The molecule has 0 saturated carbocycles. The van der Waals surface area contributed by atoms with Crippen LogP contribution < -0.4 is 14.2 Å². The number of carbonyl (C=O) groups is 1. The van der Waals surface area contributed by atoms with Gasteiger partial charge in [-0.25, -0.2) is 9.50 Å². The van der Waals surface area contributed by atoms with Gasteiger partial charge in [-0.1, -0.05) is 24.3 Å². The van der Waals surface area contributed by atoms with Crippen molar-refractivity contribution < 1.29 is 23.4 Å². The van der Waals surface area contributed by atoms with E-state index in [-0.39, 0.29) is 5.78 Å². The highest BCUT2D eigenvalue weighted by Gasteiger charge is 2.17. The number of carbonyl (C=O) groups excluding carboxylic acids is 1. The van der Waals surface area contributed by atoms with E-state index in [1.54, 1.807) is 49.5 Å². The standard InChI is InChI=1S/C28H22N4O5S/c1-34-20-12-24(36-16-18-5-3-4-17(10-18)11-23(33)19-6-8-29-9-7-19)21-14-26(37-25(21)13-20)22-15-32-27(30-22)38-28(31-32)35-2/h3-10,12-15H,11,16H2,1-2H3. The summed E-state index contributed by atoms with van der Waals surface area (Å²) in [5.41, 5.74) is 3.77. The maximum atomic E-state index is 12.6. The van der Waals surface area contributed by atoms with Crippen molar-refractivity contribution in [1.29, 1.82) is 0 Å². The summed E-state index contributed by atoms with van der Waals surface area (Å²) in [6.07, 6.45) is 5.34. The number of furan rings is 1. The number of fused-ring (bicyclic) bond motifs is 2. The maximum absolute atomic E-state index is 12.6. The van der Waals surface area contributed by atoms with Crippen LogP contribution in [0.15, 0.2) is 77.6 Å². The molecular weight excluding hydrogens is 504 g/mol. The maximum Gasteiger partial charge on any atom is 0.294 e. The molecule has 0 saturated heterocycles. The molecule has 9 nitrogen and oxygen atoms in total. The predicted octanol–water partition coefficient (Wildman–Crippen LogP) is 5.62. The van der Waals surface area contributed by atoms with Crippen LogP contribution in [0.5, 0.6) is 16.7 Å². The Kier molecular flexibility index (Phi) is 6.22. The number of ether oxygens (including phenoxy) is 3. The lowest BCUT2D eigenvalue weighted by molar-refractivity contribution is 0.0993. The van der Waals surface area contributed by atoms with Crippen LogP contribution in [0.25, 0.3) is 27.4 Å². The molecule has 0 aliphatic heterocycles. The Bertz CT molecular complexity index is 1720. The highest BCUT2D eigenvalue weighted by Crippen LogP contribution is 2.37. The first-order valence-corrected chi connectivity index (χ1v) is 12.6. The first kappa shape index (κ1) is 23.7. The van der Waals surface area contributed by atoms with Crippen LogP contribution in [0.1, 0.15) is 21.5 Å². The molecule has 0 bridgehead atoms. The van der Waals surface area contributed by atoms with E-state index >= 15 is 0 Å². The summed E-state index contributed by atoms with van der Waals surface area (Å²) in [6.45, 7) is 0.310. The van der Waals surface area contributed by atoms with Crippen molar-refractivity contribution in [2.75, 3.05) is 14.2 Å². The van der Waals surface area contributed by atoms with Crippen LogP contribution in [0, 0.1) is 0 Å². The molecule has 0 aliphatic carbocycles. The number of nitrogens with zero attached hydrogens (tertiary/aromatic N) is 4. The summed E-state index contributed by atoms with van der Waals surface area (Å²) < 4.78 is 24.7. The molecule has 0 unspecified atom stereocenters. The lowest BCUT2D eigenvalue weighted by Crippen LogP contribution is -2.04. The largest absolute Gasteiger partial charge is 0.496 e. The van der Waals surface area contributed by atoms with Gasteiger partial charge in [0, 0.05) is 36.5 Å². The van der Waals surface area contributed by atoms with E-state index in [4.69, 9.17) is 18.6 Å². The predicted molar refractivity (Wildman–Crippen MR) is 142 cm³/mol. The minimum absolute atomic E-state index is 0.0405. The number of rotatable bonds is 9. The molecule has 10 heteroatoms. The van der Waals surface area contributed by atoms with Gasteiger partial charge >= 0.3 is 0 Å². The van der Waals surface area contributed by atoms with Gasteiger partial charge in [-0.15, -0.1) is 5.10 Å². The lowest BCUT2D eigenvalue weighted by Gasteiger charge is -2.10. The van der Waals surface area contributed by atoms with Gasteiger partial charge in [0.15, 0.2) is 11.5 Å². The monoisotopic (exact) mass is 526 g/mol. The van der Waals surface area contributed by atoms with Gasteiger partial charge in [-0.05, 0) is 40.7 Å². The highest BCUT2D eigenvalue weighted by molar-refractivity contribution is 7.18. The lowest BCUT2D eigenvalue weighted by atomic mass is 10.0. The first-order valence-electron chi connectivity index (χ1n) is 11.8. The molecule has 0 radical (unpaired) electrons. The molecule has 4 aromatic heterocycles. The van der Waals surface area contributed by atoms with Crippen molar-refractivity contribution in [2.45, 2.75) is 13.0 Å². The quantitative estimate of drug-likeness (QED) is 0.224. The summed E-state index contributed by atoms with van der Waals surface area (Å²) in [6, 6.07) is 16.8. The minimum atomic E-state index is 0.0405. The second-order valence-corrected chi connectivity index (χ2v) is 9.44. The van der Waals surface area contributed by atoms with E-state index in [1.807, 2.05) is 42.5 Å². The molecule has 6 aromatic rings. The average molecular weight is 527 g/mol. The van der Waals surface area contributed by atoms with E-state index in [0.29, 0.717) is 57.3 Å². The molecule has 190 valence electrons. The van der Waals surface area contributed by atoms with Gasteiger partial charge in [0.25, 0.3) is 5.19 Å². The molecule has 0 amide bonds. The van der Waals surface area contributed by atoms with Gasteiger partial charge in [0.1, 0.15) is 29.4 Å². The fraction of sp³-hybridized carbons (Fsp3) is 0.143. The molecule has 6 rings (SSSR count). The van der Waals surface area contributed by atoms with Gasteiger partial charge < -0.3 is 18.6 Å². The third-order valence-corrected chi connectivity index (χ3v) is 6.90. The van der Waals surface area contributed by atoms with Gasteiger partial charge in [0.05, 0.1) is 25.8 Å². The molecule has 4 heterocycles. The minimum Gasteiger partial charge on any atom is -0.496 e. The van der Waals surface area contributed by atoms with E-state index in [9.17, 15) is 4.79 Å². The Hall–Kier alpha value is -4.70. The smallest absolute Gasteiger partial charge is 0.294 e. The van der Waals surface area contributed by atoms with Gasteiger partial charge in [0.2, 0.25) is 4.96 Å². The number of aromatic nitrogens is 4. The molecule has 0 N–H and O–H groups in total. The van der Waals surface area contributed by atoms with Crippen molar-refractivity contribution in [3.8, 4) is 28.1 Å². The van der Waals surface area contributed by atoms with Crippen LogP contribution in [0.3, 0.4) is 0 Å².